The topological polar surface area (TPSA) is 12.0 Å². The van der Waals surface area contributed by atoms with E-state index in [9.17, 15) is 4.39 Å². The molecular weight excluding hydrogens is 269 g/mol. The van der Waals surface area contributed by atoms with Crippen LogP contribution in [0.25, 0.3) is 0 Å². The van der Waals surface area contributed by atoms with Gasteiger partial charge in [0.25, 0.3) is 0 Å². The summed E-state index contributed by atoms with van der Waals surface area (Å²) in [5.41, 5.74) is 1.15. The SMILES string of the molecule is CCC(NC(c1ccc(F)cc1)C(C)C)c1cccs1. The Hall–Kier alpha value is -1.19. The molecule has 2 atom stereocenters. The molecule has 1 nitrogen and oxygen atoms in total. The summed E-state index contributed by atoms with van der Waals surface area (Å²) >= 11 is 1.78. The van der Waals surface area contributed by atoms with E-state index >= 15 is 0 Å². The lowest BCUT2D eigenvalue weighted by atomic mass is 9.94. The van der Waals surface area contributed by atoms with Crippen molar-refractivity contribution in [3.8, 4) is 0 Å². The maximum Gasteiger partial charge on any atom is 0.123 e. The Morgan fingerprint density at radius 1 is 1.15 bits per heavy atom. The molecule has 1 aromatic heterocycles. The summed E-state index contributed by atoms with van der Waals surface area (Å²) in [4.78, 5) is 1.36. The second-order valence-electron chi connectivity index (χ2n) is 5.42. The van der Waals surface area contributed by atoms with E-state index in [2.05, 4.69) is 43.6 Å². The number of hydrogen-bond acceptors (Lipinski definition) is 2. The highest BCUT2D eigenvalue weighted by atomic mass is 32.1. The standard InChI is InChI=1S/C17H22FNS/c1-4-15(16-6-5-11-20-16)19-17(12(2)3)13-7-9-14(18)10-8-13/h5-12,15,17,19H,4H2,1-3H3. The van der Waals surface area contributed by atoms with E-state index in [0.29, 0.717) is 12.0 Å². The highest BCUT2D eigenvalue weighted by Gasteiger charge is 2.20. The largest absolute Gasteiger partial charge is 0.302 e. The Morgan fingerprint density at radius 2 is 1.85 bits per heavy atom. The third-order valence-electron chi connectivity index (χ3n) is 3.57. The van der Waals surface area contributed by atoms with Crippen LogP contribution in [0, 0.1) is 11.7 Å². The van der Waals surface area contributed by atoms with Crippen molar-refractivity contribution in [1.29, 1.82) is 0 Å². The summed E-state index contributed by atoms with van der Waals surface area (Å²) in [7, 11) is 0. The van der Waals surface area contributed by atoms with E-state index in [4.69, 9.17) is 0 Å². The molecule has 0 spiro atoms. The molecular formula is C17H22FNS. The number of thiophene rings is 1. The Morgan fingerprint density at radius 3 is 2.35 bits per heavy atom. The van der Waals surface area contributed by atoms with Crippen LogP contribution in [0.2, 0.25) is 0 Å². The Balaban J connectivity index is 2.18. The maximum absolute atomic E-state index is 13.1. The van der Waals surface area contributed by atoms with E-state index in [1.54, 1.807) is 23.5 Å². The van der Waals surface area contributed by atoms with Gasteiger partial charge in [-0.25, -0.2) is 4.39 Å². The van der Waals surface area contributed by atoms with E-state index < -0.39 is 0 Å². The molecule has 3 heteroatoms. The molecule has 0 aliphatic carbocycles. The lowest BCUT2D eigenvalue weighted by Gasteiger charge is -2.28. The molecule has 20 heavy (non-hydrogen) atoms. The molecule has 0 saturated carbocycles. The molecule has 1 N–H and O–H groups in total. The third kappa shape index (κ3) is 3.68. The zero-order valence-electron chi connectivity index (χ0n) is 12.3. The predicted molar refractivity (Wildman–Crippen MR) is 84.5 cm³/mol. The highest BCUT2D eigenvalue weighted by molar-refractivity contribution is 7.10. The van der Waals surface area contributed by atoms with Crippen LogP contribution in [0.5, 0.6) is 0 Å². The number of hydrogen-bond donors (Lipinski definition) is 1. The van der Waals surface area contributed by atoms with Gasteiger partial charge < -0.3 is 5.32 Å². The monoisotopic (exact) mass is 291 g/mol. The first-order valence-electron chi connectivity index (χ1n) is 7.16. The van der Waals surface area contributed by atoms with Crippen molar-refractivity contribution in [3.63, 3.8) is 0 Å². The summed E-state index contributed by atoms with van der Waals surface area (Å²) in [6.07, 6.45) is 1.05. The summed E-state index contributed by atoms with van der Waals surface area (Å²) in [6, 6.07) is 11.7. The molecule has 2 unspecified atom stereocenters. The van der Waals surface area contributed by atoms with Gasteiger partial charge in [0, 0.05) is 17.0 Å². The van der Waals surface area contributed by atoms with Gasteiger partial charge in [-0.15, -0.1) is 11.3 Å². The molecule has 2 rings (SSSR count). The first-order chi connectivity index (χ1) is 9.61. The van der Waals surface area contributed by atoms with Crippen LogP contribution in [0.4, 0.5) is 4.39 Å². The smallest absolute Gasteiger partial charge is 0.123 e. The summed E-state index contributed by atoms with van der Waals surface area (Å²) in [5.74, 6) is 0.274. The van der Waals surface area contributed by atoms with E-state index in [1.165, 1.54) is 4.88 Å². The van der Waals surface area contributed by atoms with Crippen molar-refractivity contribution in [2.75, 3.05) is 0 Å². The minimum Gasteiger partial charge on any atom is -0.302 e. The molecule has 0 saturated heterocycles. The van der Waals surface area contributed by atoms with Gasteiger partial charge in [0.05, 0.1) is 0 Å². The minimum atomic E-state index is -0.179. The average molecular weight is 291 g/mol. The van der Waals surface area contributed by atoms with Crippen LogP contribution in [0.1, 0.15) is 49.7 Å². The van der Waals surface area contributed by atoms with E-state index in [1.807, 2.05) is 12.1 Å². The fourth-order valence-corrected chi connectivity index (χ4v) is 3.32. The van der Waals surface area contributed by atoms with Crippen LogP contribution in [-0.4, -0.2) is 0 Å². The fourth-order valence-electron chi connectivity index (χ4n) is 2.45. The maximum atomic E-state index is 13.1. The molecule has 2 aromatic rings. The zero-order valence-corrected chi connectivity index (χ0v) is 13.1. The van der Waals surface area contributed by atoms with Gasteiger partial charge >= 0.3 is 0 Å². The van der Waals surface area contributed by atoms with Gasteiger partial charge in [0.1, 0.15) is 5.82 Å². The summed E-state index contributed by atoms with van der Waals surface area (Å²) < 4.78 is 13.1. The third-order valence-corrected chi connectivity index (χ3v) is 4.56. The van der Waals surface area contributed by atoms with Crippen LogP contribution < -0.4 is 5.32 Å². The normalized spacial score (nSPS) is 14.4. The van der Waals surface area contributed by atoms with Gasteiger partial charge in [0.15, 0.2) is 0 Å². The van der Waals surface area contributed by atoms with Gasteiger partial charge in [-0.1, -0.05) is 39.0 Å². The number of nitrogens with one attached hydrogen (secondary N) is 1. The number of halogens is 1. The molecule has 0 aliphatic rings. The summed E-state index contributed by atoms with van der Waals surface area (Å²) in [5, 5.41) is 5.84. The second-order valence-corrected chi connectivity index (χ2v) is 6.40. The van der Waals surface area contributed by atoms with Crippen molar-refractivity contribution in [3.05, 3.63) is 58.0 Å². The molecule has 1 heterocycles. The van der Waals surface area contributed by atoms with E-state index in [0.717, 1.165) is 12.0 Å². The predicted octanol–water partition coefficient (Wildman–Crippen LogP) is 5.33. The van der Waals surface area contributed by atoms with Crippen LogP contribution >= 0.6 is 11.3 Å². The van der Waals surface area contributed by atoms with Gasteiger partial charge in [-0.05, 0) is 41.5 Å². The van der Waals surface area contributed by atoms with Crippen molar-refractivity contribution < 1.29 is 4.39 Å². The molecule has 0 amide bonds. The lowest BCUT2D eigenvalue weighted by Crippen LogP contribution is -2.29. The van der Waals surface area contributed by atoms with Gasteiger partial charge in [-0.2, -0.15) is 0 Å². The molecule has 0 fully saturated rings. The van der Waals surface area contributed by atoms with Crippen molar-refractivity contribution >= 4 is 11.3 Å². The summed E-state index contributed by atoms with van der Waals surface area (Å²) in [6.45, 7) is 6.59. The van der Waals surface area contributed by atoms with Crippen molar-refractivity contribution in [2.24, 2.45) is 5.92 Å². The first kappa shape index (κ1) is 15.2. The minimum absolute atomic E-state index is 0.179. The average Bonchev–Trinajstić information content (AvgIpc) is 2.95. The fraction of sp³-hybridized carbons (Fsp3) is 0.412. The molecule has 108 valence electrons. The van der Waals surface area contributed by atoms with Gasteiger partial charge in [-0.3, -0.25) is 0 Å². The second kappa shape index (κ2) is 7.00. The molecule has 0 bridgehead atoms. The Labute approximate surface area is 124 Å². The van der Waals surface area contributed by atoms with Crippen LogP contribution in [0.3, 0.4) is 0 Å². The first-order valence-corrected chi connectivity index (χ1v) is 8.04. The Kier molecular flexibility index (Phi) is 5.32. The van der Waals surface area contributed by atoms with Gasteiger partial charge in [0.2, 0.25) is 0 Å². The van der Waals surface area contributed by atoms with Crippen LogP contribution in [0.15, 0.2) is 41.8 Å². The number of rotatable bonds is 6. The quantitative estimate of drug-likeness (QED) is 0.759. The zero-order chi connectivity index (χ0) is 14.5. The van der Waals surface area contributed by atoms with Crippen molar-refractivity contribution in [1.82, 2.24) is 5.32 Å². The lowest BCUT2D eigenvalue weighted by molar-refractivity contribution is 0.359. The molecule has 0 radical (unpaired) electrons. The molecule has 1 aromatic carbocycles. The Bertz CT molecular complexity index is 504. The molecule has 0 aliphatic heterocycles. The highest BCUT2D eigenvalue weighted by Crippen LogP contribution is 2.29. The van der Waals surface area contributed by atoms with Crippen LogP contribution in [-0.2, 0) is 0 Å². The van der Waals surface area contributed by atoms with Crippen molar-refractivity contribution in [2.45, 2.75) is 39.3 Å². The number of benzene rings is 1. The van der Waals surface area contributed by atoms with E-state index in [-0.39, 0.29) is 11.9 Å².